The quantitative estimate of drug-likeness (QED) is 0.834. The third-order valence-corrected chi connectivity index (χ3v) is 6.73. The summed E-state index contributed by atoms with van der Waals surface area (Å²) in [6.07, 6.45) is 4.66. The third-order valence-electron chi connectivity index (χ3n) is 5.04. The highest BCUT2D eigenvalue weighted by atomic mass is 32.2. The summed E-state index contributed by atoms with van der Waals surface area (Å²) in [4.78, 5) is 16.0. The van der Waals surface area contributed by atoms with Crippen LogP contribution in [0.3, 0.4) is 0 Å². The second kappa shape index (κ2) is 6.12. The van der Waals surface area contributed by atoms with E-state index in [1.165, 1.54) is 0 Å². The van der Waals surface area contributed by atoms with Crippen LogP contribution in [0, 0.1) is 5.92 Å². The third kappa shape index (κ3) is 2.78. The van der Waals surface area contributed by atoms with Gasteiger partial charge in [0.15, 0.2) is 5.03 Å². The molecule has 138 valence electrons. The summed E-state index contributed by atoms with van der Waals surface area (Å²) in [6, 6.07) is 5.78. The molecular formula is C18H21N3O4S. The summed E-state index contributed by atoms with van der Waals surface area (Å²) >= 11 is 0. The average Bonchev–Trinajstić information content (AvgIpc) is 3.18. The zero-order chi connectivity index (χ0) is 18.5. The molecule has 2 heterocycles. The number of para-hydroxylation sites is 1. The van der Waals surface area contributed by atoms with Gasteiger partial charge in [0.1, 0.15) is 11.9 Å². The molecular weight excluding hydrogens is 354 g/mol. The molecule has 0 saturated heterocycles. The lowest BCUT2D eigenvalue weighted by Crippen LogP contribution is -2.42. The van der Waals surface area contributed by atoms with Crippen LogP contribution in [0.2, 0.25) is 0 Å². The molecule has 1 aliphatic carbocycles. The van der Waals surface area contributed by atoms with E-state index >= 15 is 0 Å². The molecule has 1 atom stereocenters. The average molecular weight is 375 g/mol. The van der Waals surface area contributed by atoms with Crippen LogP contribution in [-0.4, -0.2) is 35.1 Å². The summed E-state index contributed by atoms with van der Waals surface area (Å²) in [5, 5.41) is 9.50. The van der Waals surface area contributed by atoms with Gasteiger partial charge in [0.05, 0.1) is 5.69 Å². The molecule has 26 heavy (non-hydrogen) atoms. The smallest absolute Gasteiger partial charge is 0.327 e. The van der Waals surface area contributed by atoms with E-state index in [4.69, 9.17) is 0 Å². The van der Waals surface area contributed by atoms with Crippen molar-refractivity contribution < 1.29 is 18.3 Å². The van der Waals surface area contributed by atoms with Gasteiger partial charge in [0.2, 0.25) is 0 Å². The number of sulfonamides is 1. The Morgan fingerprint density at radius 3 is 2.69 bits per heavy atom. The number of anilines is 1. The standard InChI is InChI=1S/C18H21N3O4S/c1-2-16-19-17(11-20(16)10-12-7-8-12)26(24,25)21-14-6-4-3-5-13(14)9-15(21)18(22)23/h3-6,11-12,15H,2,7-10H2,1H3,(H,22,23)/t15-/m0/s1. The number of benzene rings is 1. The first-order valence-corrected chi connectivity index (χ1v) is 10.3. The van der Waals surface area contributed by atoms with Crippen molar-refractivity contribution in [1.82, 2.24) is 9.55 Å². The highest BCUT2D eigenvalue weighted by Gasteiger charge is 2.43. The highest BCUT2D eigenvalue weighted by molar-refractivity contribution is 7.92. The minimum atomic E-state index is -4.05. The zero-order valence-electron chi connectivity index (χ0n) is 14.5. The molecule has 2 aliphatic rings. The van der Waals surface area contributed by atoms with Gasteiger partial charge in [0, 0.05) is 25.6 Å². The number of carbonyl (C=O) groups is 1. The van der Waals surface area contributed by atoms with Crippen molar-refractivity contribution in [3.8, 4) is 0 Å². The van der Waals surface area contributed by atoms with Crippen LogP contribution in [0.4, 0.5) is 5.69 Å². The van der Waals surface area contributed by atoms with E-state index in [2.05, 4.69) is 4.98 Å². The molecule has 0 spiro atoms. The van der Waals surface area contributed by atoms with E-state index in [0.717, 1.165) is 35.1 Å². The SMILES string of the molecule is CCc1nc(S(=O)(=O)N2c3ccccc3C[C@H]2C(=O)O)cn1CC1CC1. The monoisotopic (exact) mass is 375 g/mol. The number of hydrogen-bond donors (Lipinski definition) is 1. The van der Waals surface area contributed by atoms with Gasteiger partial charge >= 0.3 is 5.97 Å². The van der Waals surface area contributed by atoms with Gasteiger partial charge < -0.3 is 9.67 Å². The van der Waals surface area contributed by atoms with Gasteiger partial charge in [-0.3, -0.25) is 4.31 Å². The van der Waals surface area contributed by atoms with Gasteiger partial charge in [-0.25, -0.2) is 9.78 Å². The topological polar surface area (TPSA) is 92.5 Å². The molecule has 0 amide bonds. The van der Waals surface area contributed by atoms with Crippen molar-refractivity contribution in [1.29, 1.82) is 0 Å². The number of rotatable bonds is 6. The molecule has 1 saturated carbocycles. The number of carboxylic acids is 1. The summed E-state index contributed by atoms with van der Waals surface area (Å²) in [5.74, 6) is 0.150. The maximum absolute atomic E-state index is 13.3. The molecule has 1 aromatic carbocycles. The van der Waals surface area contributed by atoms with Crippen molar-refractivity contribution >= 4 is 21.7 Å². The Hall–Kier alpha value is -2.35. The second-order valence-electron chi connectivity index (χ2n) is 6.93. The lowest BCUT2D eigenvalue weighted by Gasteiger charge is -2.23. The second-order valence-corrected chi connectivity index (χ2v) is 8.69. The molecule has 7 nitrogen and oxygen atoms in total. The van der Waals surface area contributed by atoms with Crippen LogP contribution < -0.4 is 4.31 Å². The first kappa shape index (κ1) is 17.1. The van der Waals surface area contributed by atoms with E-state index in [-0.39, 0.29) is 11.4 Å². The summed E-state index contributed by atoms with van der Waals surface area (Å²) in [6.45, 7) is 2.71. The minimum Gasteiger partial charge on any atom is -0.480 e. The Labute approximate surface area is 152 Å². The molecule has 8 heteroatoms. The van der Waals surface area contributed by atoms with Crippen LogP contribution in [0.15, 0.2) is 35.5 Å². The molecule has 1 aliphatic heterocycles. The maximum Gasteiger partial charge on any atom is 0.327 e. The van der Waals surface area contributed by atoms with Crippen molar-refractivity contribution in [2.24, 2.45) is 5.92 Å². The van der Waals surface area contributed by atoms with Crippen LogP contribution in [-0.2, 0) is 34.2 Å². The number of carboxylic acid groups (broad SMARTS) is 1. The number of aryl methyl sites for hydroxylation is 1. The molecule has 0 radical (unpaired) electrons. The van der Waals surface area contributed by atoms with Crippen molar-refractivity contribution in [3.63, 3.8) is 0 Å². The minimum absolute atomic E-state index is 0.0713. The maximum atomic E-state index is 13.3. The fourth-order valence-corrected chi connectivity index (χ4v) is 5.13. The summed E-state index contributed by atoms with van der Waals surface area (Å²) in [7, 11) is -4.05. The number of nitrogens with zero attached hydrogens (tertiary/aromatic N) is 3. The predicted octanol–water partition coefficient (Wildman–Crippen LogP) is 2.06. The molecule has 4 rings (SSSR count). The summed E-state index contributed by atoms with van der Waals surface area (Å²) < 4.78 is 29.5. The Balaban J connectivity index is 1.77. The molecule has 0 unspecified atom stereocenters. The number of aromatic nitrogens is 2. The number of imidazole rings is 1. The Morgan fingerprint density at radius 1 is 1.31 bits per heavy atom. The fraction of sp³-hybridized carbons (Fsp3) is 0.444. The van der Waals surface area contributed by atoms with E-state index in [1.54, 1.807) is 30.5 Å². The van der Waals surface area contributed by atoms with Crippen LogP contribution in [0.5, 0.6) is 0 Å². The molecule has 1 aromatic heterocycles. The highest BCUT2D eigenvalue weighted by Crippen LogP contribution is 2.37. The lowest BCUT2D eigenvalue weighted by molar-refractivity contribution is -0.138. The van der Waals surface area contributed by atoms with E-state index in [9.17, 15) is 18.3 Å². The summed E-state index contributed by atoms with van der Waals surface area (Å²) in [5.41, 5.74) is 1.14. The normalized spacial score (nSPS) is 19.6. The number of hydrogen-bond acceptors (Lipinski definition) is 4. The van der Waals surface area contributed by atoms with Gasteiger partial charge in [-0.2, -0.15) is 8.42 Å². The van der Waals surface area contributed by atoms with Gasteiger partial charge in [-0.05, 0) is 30.4 Å². The van der Waals surface area contributed by atoms with E-state index in [1.807, 2.05) is 11.5 Å². The Bertz CT molecular complexity index is 963. The van der Waals surface area contributed by atoms with Gasteiger partial charge in [-0.15, -0.1) is 0 Å². The number of fused-ring (bicyclic) bond motifs is 1. The fourth-order valence-electron chi connectivity index (χ4n) is 3.51. The van der Waals surface area contributed by atoms with Crippen molar-refractivity contribution in [3.05, 3.63) is 41.9 Å². The lowest BCUT2D eigenvalue weighted by atomic mass is 10.1. The molecule has 0 bridgehead atoms. The number of aliphatic carboxylic acids is 1. The molecule has 1 fully saturated rings. The van der Waals surface area contributed by atoms with E-state index < -0.39 is 22.0 Å². The molecule has 2 aromatic rings. The van der Waals surface area contributed by atoms with Crippen molar-refractivity contribution in [2.45, 2.75) is 50.2 Å². The first-order chi connectivity index (χ1) is 12.4. The van der Waals surface area contributed by atoms with Gasteiger partial charge in [-0.1, -0.05) is 25.1 Å². The Kier molecular flexibility index (Phi) is 4.02. The van der Waals surface area contributed by atoms with Crippen LogP contribution in [0.1, 0.15) is 31.2 Å². The Morgan fingerprint density at radius 2 is 2.04 bits per heavy atom. The van der Waals surface area contributed by atoms with Crippen LogP contribution in [0.25, 0.3) is 0 Å². The van der Waals surface area contributed by atoms with Crippen molar-refractivity contribution in [2.75, 3.05) is 4.31 Å². The van der Waals surface area contributed by atoms with E-state index in [0.29, 0.717) is 18.0 Å². The van der Waals surface area contributed by atoms with Gasteiger partial charge in [0.25, 0.3) is 10.0 Å². The molecule has 1 N–H and O–H groups in total. The zero-order valence-corrected chi connectivity index (χ0v) is 15.3. The predicted molar refractivity (Wildman–Crippen MR) is 95.6 cm³/mol. The first-order valence-electron chi connectivity index (χ1n) is 8.83. The van der Waals surface area contributed by atoms with Crippen LogP contribution >= 0.6 is 0 Å². The largest absolute Gasteiger partial charge is 0.480 e.